The molecule has 0 radical (unpaired) electrons. The van der Waals surface area contributed by atoms with Crippen molar-refractivity contribution in [3.63, 3.8) is 0 Å². The first-order chi connectivity index (χ1) is 12.3. The van der Waals surface area contributed by atoms with Gasteiger partial charge in [0.1, 0.15) is 11.8 Å². The highest BCUT2D eigenvalue weighted by atomic mass is 16.3. The Balaban J connectivity index is 1.70. The molecular formula is C20H24N4O. The molecule has 1 fully saturated rings. The van der Waals surface area contributed by atoms with Gasteiger partial charge < -0.3 is 9.32 Å². The van der Waals surface area contributed by atoms with Gasteiger partial charge in [0.25, 0.3) is 0 Å². The van der Waals surface area contributed by atoms with Crippen LogP contribution in [0.25, 0.3) is 22.2 Å². The fourth-order valence-corrected chi connectivity index (χ4v) is 4.52. The first-order valence-electron chi connectivity index (χ1n) is 9.68. The van der Waals surface area contributed by atoms with Gasteiger partial charge in [0.05, 0.1) is 5.39 Å². The molecule has 1 aliphatic carbocycles. The molecule has 130 valence electrons. The van der Waals surface area contributed by atoms with Crippen LogP contribution in [0.3, 0.4) is 0 Å². The van der Waals surface area contributed by atoms with Gasteiger partial charge in [-0.2, -0.15) is 0 Å². The van der Waals surface area contributed by atoms with Crippen molar-refractivity contribution in [1.82, 2.24) is 15.0 Å². The molecule has 0 amide bonds. The zero-order valence-electron chi connectivity index (χ0n) is 14.8. The number of rotatable bonds is 2. The van der Waals surface area contributed by atoms with Gasteiger partial charge in [0.2, 0.25) is 5.71 Å². The largest absolute Gasteiger partial charge is 0.432 e. The minimum Gasteiger partial charge on any atom is -0.432 e. The maximum Gasteiger partial charge on any atom is 0.229 e. The minimum atomic E-state index is 0.543. The van der Waals surface area contributed by atoms with Crippen LogP contribution >= 0.6 is 0 Å². The Labute approximate surface area is 147 Å². The second-order valence-electron chi connectivity index (χ2n) is 7.38. The van der Waals surface area contributed by atoms with E-state index in [2.05, 4.69) is 27.9 Å². The summed E-state index contributed by atoms with van der Waals surface area (Å²) in [5.74, 6) is 0.951. The molecule has 5 rings (SSSR count). The lowest BCUT2D eigenvalue weighted by atomic mass is 9.95. The number of hydrogen-bond acceptors (Lipinski definition) is 5. The van der Waals surface area contributed by atoms with Crippen LogP contribution in [0.15, 0.2) is 16.8 Å². The average Bonchev–Trinajstić information content (AvgIpc) is 3.03. The van der Waals surface area contributed by atoms with Crippen LogP contribution < -0.4 is 4.90 Å². The molecule has 5 nitrogen and oxygen atoms in total. The third-order valence-electron chi connectivity index (χ3n) is 5.88. The van der Waals surface area contributed by atoms with E-state index in [0.29, 0.717) is 6.04 Å². The Hall–Kier alpha value is -2.17. The van der Waals surface area contributed by atoms with Crippen molar-refractivity contribution in [2.45, 2.75) is 64.3 Å². The van der Waals surface area contributed by atoms with Gasteiger partial charge in [-0.3, -0.25) is 0 Å². The maximum absolute atomic E-state index is 6.22. The number of aryl methyl sites for hydroxylation is 2. The standard InChI is InChI=1S/C20H24N4O/c1-2-14-8-5-6-10-24(14)19-18-17(21-12-22-19)15-11-13-7-3-4-9-16(13)23-20(15)25-18/h11-12,14H,2-10H2,1H3. The molecule has 0 N–H and O–H groups in total. The van der Waals surface area contributed by atoms with Crippen molar-refractivity contribution in [1.29, 1.82) is 0 Å². The molecule has 0 bridgehead atoms. The van der Waals surface area contributed by atoms with Crippen LogP contribution in [0.1, 0.15) is 56.7 Å². The first kappa shape index (κ1) is 15.1. The normalized spacial score (nSPS) is 21.0. The first-order valence-corrected chi connectivity index (χ1v) is 9.68. The summed E-state index contributed by atoms with van der Waals surface area (Å²) in [6.07, 6.45) is 11.2. The van der Waals surface area contributed by atoms with E-state index in [-0.39, 0.29) is 0 Å². The molecule has 3 aromatic rings. The lowest BCUT2D eigenvalue weighted by Crippen LogP contribution is -2.39. The minimum absolute atomic E-state index is 0.543. The van der Waals surface area contributed by atoms with Gasteiger partial charge >= 0.3 is 0 Å². The monoisotopic (exact) mass is 336 g/mol. The number of nitrogens with zero attached hydrogens (tertiary/aromatic N) is 4. The summed E-state index contributed by atoms with van der Waals surface area (Å²) in [6, 6.07) is 2.80. The van der Waals surface area contributed by atoms with Crippen LogP contribution in [-0.2, 0) is 12.8 Å². The molecule has 1 aliphatic heterocycles. The summed E-state index contributed by atoms with van der Waals surface area (Å²) in [7, 11) is 0. The van der Waals surface area contributed by atoms with Crippen LogP contribution in [0.4, 0.5) is 5.82 Å². The Bertz CT molecular complexity index is 932. The topological polar surface area (TPSA) is 55.1 Å². The van der Waals surface area contributed by atoms with Gasteiger partial charge in [-0.15, -0.1) is 0 Å². The van der Waals surface area contributed by atoms with Gasteiger partial charge in [0.15, 0.2) is 11.4 Å². The molecule has 0 saturated carbocycles. The lowest BCUT2D eigenvalue weighted by molar-refractivity contribution is 0.445. The summed E-state index contributed by atoms with van der Waals surface area (Å²) in [4.78, 5) is 16.4. The number of anilines is 1. The summed E-state index contributed by atoms with van der Waals surface area (Å²) in [5.41, 5.74) is 5.03. The van der Waals surface area contributed by atoms with Crippen molar-refractivity contribution >= 4 is 28.0 Å². The van der Waals surface area contributed by atoms with E-state index in [9.17, 15) is 0 Å². The maximum atomic E-state index is 6.22. The Morgan fingerprint density at radius 3 is 3.00 bits per heavy atom. The van der Waals surface area contributed by atoms with Crippen molar-refractivity contribution in [3.05, 3.63) is 23.7 Å². The van der Waals surface area contributed by atoms with Gasteiger partial charge in [-0.25, -0.2) is 15.0 Å². The molecule has 0 spiro atoms. The predicted octanol–water partition coefficient (Wildman–Crippen LogP) is 4.42. The third kappa shape index (κ3) is 2.40. The molecular weight excluding hydrogens is 312 g/mol. The summed E-state index contributed by atoms with van der Waals surface area (Å²) >= 11 is 0. The smallest absolute Gasteiger partial charge is 0.229 e. The number of fused-ring (bicyclic) bond motifs is 4. The molecule has 3 aromatic heterocycles. The van der Waals surface area contributed by atoms with Crippen molar-refractivity contribution in [3.8, 4) is 0 Å². The van der Waals surface area contributed by atoms with E-state index in [0.717, 1.165) is 53.8 Å². The van der Waals surface area contributed by atoms with Crippen molar-refractivity contribution in [2.75, 3.05) is 11.4 Å². The van der Waals surface area contributed by atoms with Crippen molar-refractivity contribution < 1.29 is 4.42 Å². The van der Waals surface area contributed by atoms with E-state index in [1.54, 1.807) is 6.33 Å². The number of furan rings is 1. The molecule has 1 unspecified atom stereocenters. The number of pyridine rings is 1. The average molecular weight is 336 g/mol. The number of piperidine rings is 1. The highest BCUT2D eigenvalue weighted by Gasteiger charge is 2.26. The molecule has 4 heterocycles. The van der Waals surface area contributed by atoms with Gasteiger partial charge in [-0.05, 0) is 63.0 Å². The molecule has 1 saturated heterocycles. The highest BCUT2D eigenvalue weighted by molar-refractivity contribution is 6.04. The van der Waals surface area contributed by atoms with E-state index >= 15 is 0 Å². The van der Waals surface area contributed by atoms with Crippen molar-refractivity contribution in [2.24, 2.45) is 0 Å². The molecule has 0 aromatic carbocycles. The second-order valence-corrected chi connectivity index (χ2v) is 7.38. The fourth-order valence-electron chi connectivity index (χ4n) is 4.52. The van der Waals surface area contributed by atoms with E-state index < -0.39 is 0 Å². The molecule has 2 aliphatic rings. The SMILES string of the molecule is CCC1CCCCN1c1ncnc2c1oc1nc3c(cc12)CCCC3. The second kappa shape index (κ2) is 5.97. The van der Waals surface area contributed by atoms with Gasteiger partial charge in [-0.1, -0.05) is 6.92 Å². The van der Waals surface area contributed by atoms with Crippen LogP contribution in [-0.4, -0.2) is 27.5 Å². The third-order valence-corrected chi connectivity index (χ3v) is 5.88. The highest BCUT2D eigenvalue weighted by Crippen LogP contribution is 2.36. The summed E-state index contributed by atoms with van der Waals surface area (Å²) in [6.45, 7) is 3.31. The van der Waals surface area contributed by atoms with E-state index in [1.807, 2.05) is 0 Å². The molecule has 25 heavy (non-hydrogen) atoms. The quantitative estimate of drug-likeness (QED) is 0.693. The zero-order valence-corrected chi connectivity index (χ0v) is 14.8. The Morgan fingerprint density at radius 1 is 1.16 bits per heavy atom. The zero-order chi connectivity index (χ0) is 16.8. The predicted molar refractivity (Wildman–Crippen MR) is 99.0 cm³/mol. The van der Waals surface area contributed by atoms with E-state index in [4.69, 9.17) is 9.40 Å². The van der Waals surface area contributed by atoms with Crippen LogP contribution in [0, 0.1) is 0 Å². The fraction of sp³-hybridized carbons (Fsp3) is 0.550. The number of hydrogen-bond donors (Lipinski definition) is 0. The summed E-state index contributed by atoms with van der Waals surface area (Å²) < 4.78 is 6.22. The summed E-state index contributed by atoms with van der Waals surface area (Å²) in [5, 5.41) is 1.05. The van der Waals surface area contributed by atoms with Gasteiger partial charge in [0, 0.05) is 18.3 Å². The number of aromatic nitrogens is 3. The Kier molecular flexibility index (Phi) is 3.61. The van der Waals surface area contributed by atoms with Crippen LogP contribution in [0.2, 0.25) is 0 Å². The van der Waals surface area contributed by atoms with E-state index in [1.165, 1.54) is 43.4 Å². The Morgan fingerprint density at radius 2 is 2.08 bits per heavy atom. The molecule has 5 heteroatoms. The van der Waals surface area contributed by atoms with Crippen LogP contribution in [0.5, 0.6) is 0 Å². The molecule has 1 atom stereocenters. The lowest BCUT2D eigenvalue weighted by Gasteiger charge is -2.35.